The van der Waals surface area contributed by atoms with E-state index < -0.39 is 0 Å². The lowest BCUT2D eigenvalue weighted by atomic mass is 10.1. The van der Waals surface area contributed by atoms with Crippen LogP contribution in [0.25, 0.3) is 11.0 Å². The van der Waals surface area contributed by atoms with Crippen molar-refractivity contribution in [3.63, 3.8) is 0 Å². The van der Waals surface area contributed by atoms with Crippen LogP contribution in [-0.4, -0.2) is 38.3 Å². The average Bonchev–Trinajstić information content (AvgIpc) is 3.15. The molecule has 0 aliphatic carbocycles. The Hall–Kier alpha value is -3.16. The minimum absolute atomic E-state index is 0.0939. The van der Waals surface area contributed by atoms with Gasteiger partial charge in [-0.3, -0.25) is 18.8 Å². The molecule has 1 aliphatic heterocycles. The molecule has 1 N–H and O–H groups in total. The minimum Gasteiger partial charge on any atom is -0.372 e. The molecule has 8 heteroatoms. The molecule has 0 radical (unpaired) electrons. The number of nitrogens with zero attached hydrogens (tertiary/aromatic N) is 5. The molecule has 3 aromatic rings. The second-order valence-electron chi connectivity index (χ2n) is 7.93. The van der Waals surface area contributed by atoms with E-state index in [-0.39, 0.29) is 30.5 Å². The summed E-state index contributed by atoms with van der Waals surface area (Å²) in [5, 5.41) is 7.54. The fourth-order valence-corrected chi connectivity index (χ4v) is 3.97. The number of carbonyl (C=O) groups is 1. The third-order valence-corrected chi connectivity index (χ3v) is 5.79. The molecule has 1 amide bonds. The van der Waals surface area contributed by atoms with Crippen molar-refractivity contribution in [2.45, 2.75) is 45.2 Å². The molecule has 158 valence electrons. The van der Waals surface area contributed by atoms with Gasteiger partial charge in [0.05, 0.1) is 18.6 Å². The van der Waals surface area contributed by atoms with Crippen molar-refractivity contribution in [1.82, 2.24) is 24.6 Å². The van der Waals surface area contributed by atoms with Crippen LogP contribution in [0.15, 0.2) is 41.6 Å². The van der Waals surface area contributed by atoms with E-state index in [9.17, 15) is 9.59 Å². The number of aromatic nitrogens is 4. The Morgan fingerprint density at radius 1 is 1.17 bits per heavy atom. The average molecular weight is 409 g/mol. The van der Waals surface area contributed by atoms with Crippen LogP contribution < -0.4 is 15.8 Å². The van der Waals surface area contributed by atoms with Gasteiger partial charge in [-0.25, -0.2) is 4.98 Å². The lowest BCUT2D eigenvalue weighted by Gasteiger charge is -2.29. The number of rotatable bonds is 6. The summed E-state index contributed by atoms with van der Waals surface area (Å²) in [6.07, 6.45) is 7.01. The molecule has 1 saturated heterocycles. The van der Waals surface area contributed by atoms with Crippen LogP contribution in [0.3, 0.4) is 0 Å². The van der Waals surface area contributed by atoms with E-state index in [1.165, 1.54) is 42.0 Å². The summed E-state index contributed by atoms with van der Waals surface area (Å²) in [5.74, 6) is -0.0965. The fourth-order valence-electron chi connectivity index (χ4n) is 3.97. The maximum atomic E-state index is 12.5. The van der Waals surface area contributed by atoms with E-state index in [0.29, 0.717) is 11.0 Å². The van der Waals surface area contributed by atoms with Gasteiger partial charge < -0.3 is 10.2 Å². The van der Waals surface area contributed by atoms with Gasteiger partial charge in [0, 0.05) is 38.8 Å². The fraction of sp³-hybridized carbons (Fsp3) is 0.455. The second kappa shape index (κ2) is 8.69. The van der Waals surface area contributed by atoms with Gasteiger partial charge in [0.25, 0.3) is 5.56 Å². The summed E-state index contributed by atoms with van der Waals surface area (Å²) in [4.78, 5) is 31.6. The Morgan fingerprint density at radius 2 is 1.90 bits per heavy atom. The van der Waals surface area contributed by atoms with Crippen molar-refractivity contribution < 1.29 is 4.79 Å². The zero-order chi connectivity index (χ0) is 21.1. The third-order valence-electron chi connectivity index (χ3n) is 5.79. The normalized spacial score (nSPS) is 15.3. The van der Waals surface area contributed by atoms with Crippen LogP contribution in [0.4, 0.5) is 5.69 Å². The van der Waals surface area contributed by atoms with Crippen molar-refractivity contribution in [2.24, 2.45) is 7.05 Å². The molecule has 1 aliphatic rings. The molecule has 0 spiro atoms. The zero-order valence-electron chi connectivity index (χ0n) is 17.5. The van der Waals surface area contributed by atoms with Crippen molar-refractivity contribution in [3.05, 3.63) is 52.7 Å². The zero-order valence-corrected chi connectivity index (χ0v) is 17.5. The predicted octanol–water partition coefficient (Wildman–Crippen LogP) is 2.39. The van der Waals surface area contributed by atoms with Crippen LogP contribution in [0.1, 0.15) is 44.2 Å². The highest BCUT2D eigenvalue weighted by Gasteiger charge is 2.14. The van der Waals surface area contributed by atoms with Crippen molar-refractivity contribution in [3.8, 4) is 0 Å². The van der Waals surface area contributed by atoms with Gasteiger partial charge >= 0.3 is 0 Å². The highest BCUT2D eigenvalue weighted by atomic mass is 16.2. The summed E-state index contributed by atoms with van der Waals surface area (Å²) >= 11 is 0. The molecule has 2 aromatic heterocycles. The molecule has 0 saturated carbocycles. The first-order valence-electron chi connectivity index (χ1n) is 10.5. The van der Waals surface area contributed by atoms with Gasteiger partial charge in [0.2, 0.25) is 5.91 Å². The molecule has 0 bridgehead atoms. The van der Waals surface area contributed by atoms with E-state index in [2.05, 4.69) is 44.6 Å². The van der Waals surface area contributed by atoms with Crippen LogP contribution in [0, 0.1) is 0 Å². The minimum atomic E-state index is -0.178. The Morgan fingerprint density at radius 3 is 2.63 bits per heavy atom. The first-order valence-corrected chi connectivity index (χ1v) is 10.5. The van der Waals surface area contributed by atoms with Crippen LogP contribution in [0.2, 0.25) is 0 Å². The smallest absolute Gasteiger partial charge is 0.264 e. The molecular weight excluding hydrogens is 380 g/mol. The molecule has 0 unspecified atom stereocenters. The summed E-state index contributed by atoms with van der Waals surface area (Å²) in [6.45, 7) is 4.49. The van der Waals surface area contributed by atoms with Gasteiger partial charge in [0.15, 0.2) is 5.65 Å². The predicted molar refractivity (Wildman–Crippen MR) is 116 cm³/mol. The van der Waals surface area contributed by atoms with Crippen LogP contribution in [0.5, 0.6) is 0 Å². The van der Waals surface area contributed by atoms with E-state index in [1.54, 1.807) is 11.7 Å². The summed E-state index contributed by atoms with van der Waals surface area (Å²) in [7, 11) is 1.74. The number of hydrogen-bond donors (Lipinski definition) is 1. The quantitative estimate of drug-likeness (QED) is 0.677. The lowest BCUT2D eigenvalue weighted by molar-refractivity contribution is -0.121. The van der Waals surface area contributed by atoms with Crippen LogP contribution >= 0.6 is 0 Å². The van der Waals surface area contributed by atoms with Gasteiger partial charge in [0.1, 0.15) is 5.39 Å². The number of piperidine rings is 1. The lowest BCUT2D eigenvalue weighted by Crippen LogP contribution is -2.30. The molecular formula is C22H28N6O2. The topological polar surface area (TPSA) is 85.0 Å². The number of carbonyl (C=O) groups excluding carboxylic acids is 1. The third kappa shape index (κ3) is 4.22. The SMILES string of the molecule is C[C@H](NC(=O)CCn1cnc2c(cnn2C)c1=O)c1ccc(N2CCCCC2)cc1. The Balaban J connectivity index is 1.33. The monoisotopic (exact) mass is 408 g/mol. The standard InChI is InChI=1S/C22H28N6O2/c1-16(17-6-8-18(9-7-17)27-11-4-3-5-12-27)25-20(29)10-13-28-15-23-21-19(22(28)30)14-24-26(21)2/h6-9,14-16H,3-5,10-13H2,1-2H3,(H,25,29)/t16-/m0/s1. The van der Waals surface area contributed by atoms with Gasteiger partial charge in [-0.05, 0) is 43.9 Å². The number of anilines is 1. The molecule has 4 rings (SSSR count). The summed E-state index contributed by atoms with van der Waals surface area (Å²) in [6, 6.07) is 8.35. The highest BCUT2D eigenvalue weighted by molar-refractivity contribution is 5.76. The second-order valence-corrected chi connectivity index (χ2v) is 7.93. The van der Waals surface area contributed by atoms with Gasteiger partial charge in [-0.15, -0.1) is 0 Å². The Bertz CT molecular complexity index is 1080. The summed E-state index contributed by atoms with van der Waals surface area (Å²) in [5.41, 5.74) is 2.68. The number of amides is 1. The molecule has 3 heterocycles. The molecule has 1 atom stereocenters. The van der Waals surface area contributed by atoms with Crippen molar-refractivity contribution >= 4 is 22.6 Å². The molecule has 1 aromatic carbocycles. The number of benzene rings is 1. The van der Waals surface area contributed by atoms with E-state index >= 15 is 0 Å². The molecule has 30 heavy (non-hydrogen) atoms. The van der Waals surface area contributed by atoms with E-state index in [4.69, 9.17) is 0 Å². The summed E-state index contributed by atoms with van der Waals surface area (Å²) < 4.78 is 3.02. The van der Waals surface area contributed by atoms with Gasteiger partial charge in [-0.2, -0.15) is 5.10 Å². The van der Waals surface area contributed by atoms with Gasteiger partial charge in [-0.1, -0.05) is 12.1 Å². The maximum Gasteiger partial charge on any atom is 0.264 e. The highest BCUT2D eigenvalue weighted by Crippen LogP contribution is 2.22. The molecule has 1 fully saturated rings. The number of aryl methyl sites for hydroxylation is 2. The van der Waals surface area contributed by atoms with E-state index in [0.717, 1.165) is 18.7 Å². The van der Waals surface area contributed by atoms with Crippen molar-refractivity contribution in [1.29, 1.82) is 0 Å². The van der Waals surface area contributed by atoms with Crippen LogP contribution in [-0.2, 0) is 18.4 Å². The largest absolute Gasteiger partial charge is 0.372 e. The number of hydrogen-bond acceptors (Lipinski definition) is 5. The Labute approximate surface area is 175 Å². The van der Waals surface area contributed by atoms with Crippen molar-refractivity contribution in [2.75, 3.05) is 18.0 Å². The van der Waals surface area contributed by atoms with E-state index in [1.807, 2.05) is 6.92 Å². The first kappa shape index (κ1) is 20.1. The molecule has 8 nitrogen and oxygen atoms in total. The maximum absolute atomic E-state index is 12.5. The first-order chi connectivity index (χ1) is 14.5. The Kier molecular flexibility index (Phi) is 5.83. The number of nitrogens with one attached hydrogen (secondary N) is 1. The number of fused-ring (bicyclic) bond motifs is 1.